The average molecular weight is 205 g/mol. The van der Waals surface area contributed by atoms with Crippen molar-refractivity contribution in [2.45, 2.75) is 26.7 Å². The summed E-state index contributed by atoms with van der Waals surface area (Å²) in [5, 5.41) is 0. The Kier molecular flexibility index (Phi) is 3.35. The molecule has 78 valence electrons. The summed E-state index contributed by atoms with van der Waals surface area (Å²) < 4.78 is 24.3. The van der Waals surface area contributed by atoms with Crippen molar-refractivity contribution in [3.05, 3.63) is 0 Å². The zero-order valence-corrected chi connectivity index (χ0v) is 9.47. The molecule has 1 fully saturated rings. The molecular formula is C9H19NO2S. The molecule has 0 N–H and O–H groups in total. The zero-order chi connectivity index (χ0) is 10.1. The van der Waals surface area contributed by atoms with Crippen molar-refractivity contribution in [3.63, 3.8) is 0 Å². The van der Waals surface area contributed by atoms with E-state index in [9.17, 15) is 8.42 Å². The Morgan fingerprint density at radius 2 is 2.15 bits per heavy atom. The van der Waals surface area contributed by atoms with Crippen molar-refractivity contribution in [2.75, 3.05) is 19.3 Å². The van der Waals surface area contributed by atoms with Crippen LogP contribution < -0.4 is 0 Å². The molecule has 1 rings (SSSR count). The van der Waals surface area contributed by atoms with Crippen LogP contribution in [0.1, 0.15) is 26.7 Å². The van der Waals surface area contributed by atoms with Gasteiger partial charge in [-0.3, -0.25) is 0 Å². The van der Waals surface area contributed by atoms with Gasteiger partial charge in [0.25, 0.3) is 0 Å². The predicted molar refractivity (Wildman–Crippen MR) is 54.0 cm³/mol. The minimum atomic E-state index is -2.90. The summed E-state index contributed by atoms with van der Waals surface area (Å²) in [6.07, 6.45) is 2.27. The van der Waals surface area contributed by atoms with Gasteiger partial charge in [0.2, 0.25) is 10.0 Å². The van der Waals surface area contributed by atoms with Gasteiger partial charge in [-0.2, -0.15) is 0 Å². The Labute approximate surface area is 81.2 Å². The summed E-state index contributed by atoms with van der Waals surface area (Å²) >= 11 is 0. The molecule has 1 aliphatic heterocycles. The van der Waals surface area contributed by atoms with E-state index < -0.39 is 10.0 Å². The van der Waals surface area contributed by atoms with Crippen LogP contribution in [0.4, 0.5) is 0 Å². The van der Waals surface area contributed by atoms with Crippen LogP contribution in [-0.4, -0.2) is 32.1 Å². The summed E-state index contributed by atoms with van der Waals surface area (Å²) in [6.45, 7) is 5.01. The second-order valence-electron chi connectivity index (χ2n) is 4.09. The summed E-state index contributed by atoms with van der Waals surface area (Å²) in [7, 11) is -1.23. The van der Waals surface area contributed by atoms with Gasteiger partial charge in [-0.05, 0) is 11.8 Å². The van der Waals surface area contributed by atoms with Crippen LogP contribution in [0.5, 0.6) is 0 Å². The monoisotopic (exact) mass is 205 g/mol. The highest BCUT2D eigenvalue weighted by atomic mass is 32.2. The Hall–Kier alpha value is -0.0900. The largest absolute Gasteiger partial charge is 0.214 e. The van der Waals surface area contributed by atoms with Gasteiger partial charge >= 0.3 is 0 Å². The molecule has 0 radical (unpaired) electrons. The summed E-state index contributed by atoms with van der Waals surface area (Å²) in [5.74, 6) is 1.23. The third kappa shape index (κ3) is 2.44. The third-order valence-electron chi connectivity index (χ3n) is 2.94. The summed E-state index contributed by atoms with van der Waals surface area (Å²) in [6, 6.07) is 0. The van der Waals surface area contributed by atoms with E-state index in [2.05, 4.69) is 13.8 Å². The van der Waals surface area contributed by atoms with Crippen molar-refractivity contribution in [3.8, 4) is 0 Å². The van der Waals surface area contributed by atoms with E-state index in [-0.39, 0.29) is 0 Å². The maximum atomic E-state index is 11.4. The van der Waals surface area contributed by atoms with Crippen LogP contribution >= 0.6 is 0 Å². The minimum absolute atomic E-state index is 0.343. The van der Waals surface area contributed by atoms with Crippen molar-refractivity contribution in [1.82, 2.24) is 4.31 Å². The van der Waals surface area contributed by atoms with Gasteiger partial charge < -0.3 is 0 Å². The molecule has 4 heteroatoms. The molecule has 0 aromatic rings. The number of hydrogen-bond acceptors (Lipinski definition) is 2. The van der Waals surface area contributed by atoms with Gasteiger partial charge in [-0.1, -0.05) is 26.7 Å². The SMILES string of the molecule is CCCC(C)C1CN(C)S(=O)(=O)C1. The first-order chi connectivity index (χ1) is 5.97. The van der Waals surface area contributed by atoms with E-state index in [4.69, 9.17) is 0 Å². The van der Waals surface area contributed by atoms with Gasteiger partial charge in [0.1, 0.15) is 0 Å². The standard InChI is InChI=1S/C9H19NO2S/c1-4-5-8(2)9-6-10(3)13(11,12)7-9/h8-9H,4-7H2,1-3H3. The first kappa shape index (κ1) is 11.0. The molecule has 0 aromatic heterocycles. The molecule has 0 saturated carbocycles. The molecule has 1 saturated heterocycles. The number of nitrogens with zero attached hydrogens (tertiary/aromatic N) is 1. The van der Waals surface area contributed by atoms with E-state index in [1.165, 1.54) is 4.31 Å². The lowest BCUT2D eigenvalue weighted by Crippen LogP contribution is -2.20. The minimum Gasteiger partial charge on any atom is -0.212 e. The average Bonchev–Trinajstić information content (AvgIpc) is 2.27. The van der Waals surface area contributed by atoms with Gasteiger partial charge in [0.15, 0.2) is 0 Å². The van der Waals surface area contributed by atoms with E-state index in [0.717, 1.165) is 12.8 Å². The molecule has 0 aromatic carbocycles. The number of rotatable bonds is 3. The Morgan fingerprint density at radius 1 is 1.54 bits per heavy atom. The van der Waals surface area contributed by atoms with E-state index in [0.29, 0.717) is 24.1 Å². The highest BCUT2D eigenvalue weighted by molar-refractivity contribution is 7.89. The van der Waals surface area contributed by atoms with Crippen molar-refractivity contribution in [2.24, 2.45) is 11.8 Å². The molecule has 3 nitrogen and oxygen atoms in total. The van der Waals surface area contributed by atoms with Crippen LogP contribution in [0, 0.1) is 11.8 Å². The Morgan fingerprint density at radius 3 is 2.54 bits per heavy atom. The molecular weight excluding hydrogens is 186 g/mol. The lowest BCUT2D eigenvalue weighted by atomic mass is 9.92. The molecule has 1 heterocycles. The lowest BCUT2D eigenvalue weighted by molar-refractivity contribution is 0.338. The fraction of sp³-hybridized carbons (Fsp3) is 1.00. The fourth-order valence-electron chi connectivity index (χ4n) is 1.93. The second-order valence-corrected chi connectivity index (χ2v) is 6.21. The van der Waals surface area contributed by atoms with Gasteiger partial charge in [-0.15, -0.1) is 0 Å². The molecule has 13 heavy (non-hydrogen) atoms. The predicted octanol–water partition coefficient (Wildman–Crippen LogP) is 1.31. The highest BCUT2D eigenvalue weighted by Crippen LogP contribution is 2.26. The molecule has 0 spiro atoms. The van der Waals surface area contributed by atoms with E-state index in [1.807, 2.05) is 0 Å². The smallest absolute Gasteiger partial charge is 0.212 e. The molecule has 0 aliphatic carbocycles. The molecule has 2 atom stereocenters. The van der Waals surface area contributed by atoms with Crippen LogP contribution in [0.3, 0.4) is 0 Å². The fourth-order valence-corrected chi connectivity index (χ4v) is 3.58. The first-order valence-electron chi connectivity index (χ1n) is 4.91. The maximum absolute atomic E-state index is 11.4. The van der Waals surface area contributed by atoms with Gasteiger partial charge in [-0.25, -0.2) is 12.7 Å². The molecule has 1 aliphatic rings. The topological polar surface area (TPSA) is 37.4 Å². The van der Waals surface area contributed by atoms with Crippen LogP contribution in [0.15, 0.2) is 0 Å². The van der Waals surface area contributed by atoms with E-state index in [1.54, 1.807) is 7.05 Å². The van der Waals surface area contributed by atoms with Crippen molar-refractivity contribution >= 4 is 10.0 Å². The zero-order valence-electron chi connectivity index (χ0n) is 8.66. The van der Waals surface area contributed by atoms with Gasteiger partial charge in [0, 0.05) is 13.6 Å². The van der Waals surface area contributed by atoms with Crippen molar-refractivity contribution in [1.29, 1.82) is 0 Å². The van der Waals surface area contributed by atoms with E-state index >= 15 is 0 Å². The Balaban J connectivity index is 2.58. The Bertz CT molecular complexity index is 261. The maximum Gasteiger partial charge on any atom is 0.214 e. The summed E-state index contributed by atoms with van der Waals surface area (Å²) in [5.41, 5.74) is 0. The van der Waals surface area contributed by atoms with Crippen LogP contribution in [0.2, 0.25) is 0 Å². The highest BCUT2D eigenvalue weighted by Gasteiger charge is 2.35. The number of hydrogen-bond donors (Lipinski definition) is 0. The molecule has 0 bridgehead atoms. The third-order valence-corrected chi connectivity index (χ3v) is 4.89. The second kappa shape index (κ2) is 3.96. The van der Waals surface area contributed by atoms with Crippen molar-refractivity contribution < 1.29 is 8.42 Å². The quantitative estimate of drug-likeness (QED) is 0.696. The molecule has 2 unspecified atom stereocenters. The van der Waals surface area contributed by atoms with Gasteiger partial charge in [0.05, 0.1) is 5.75 Å². The molecule has 0 amide bonds. The van der Waals surface area contributed by atoms with Crippen LogP contribution in [-0.2, 0) is 10.0 Å². The lowest BCUT2D eigenvalue weighted by Gasteiger charge is -2.16. The number of sulfonamides is 1. The first-order valence-corrected chi connectivity index (χ1v) is 6.52. The van der Waals surface area contributed by atoms with Crippen LogP contribution in [0.25, 0.3) is 0 Å². The summed E-state index contributed by atoms with van der Waals surface area (Å²) in [4.78, 5) is 0. The normalized spacial score (nSPS) is 30.5.